The van der Waals surface area contributed by atoms with Crippen molar-refractivity contribution in [3.8, 4) is 0 Å². The third-order valence-electron chi connectivity index (χ3n) is 3.52. The summed E-state index contributed by atoms with van der Waals surface area (Å²) in [6.45, 7) is 4.05. The predicted octanol–water partition coefficient (Wildman–Crippen LogP) is 1.02. The van der Waals surface area contributed by atoms with Crippen LogP contribution in [0.4, 0.5) is 0 Å². The first-order valence-electron chi connectivity index (χ1n) is 6.38. The highest BCUT2D eigenvalue weighted by atomic mass is 32.1. The van der Waals surface area contributed by atoms with Crippen LogP contribution < -0.4 is 5.32 Å². The Labute approximate surface area is 113 Å². The highest BCUT2D eigenvalue weighted by Gasteiger charge is 2.39. The molecule has 0 aromatic heterocycles. The number of carbonyl (C=O) groups excluding carboxylic acids is 1. The molecule has 0 radical (unpaired) electrons. The van der Waals surface area contributed by atoms with E-state index in [-0.39, 0.29) is 11.7 Å². The zero-order chi connectivity index (χ0) is 13.0. The second-order valence-corrected chi connectivity index (χ2v) is 5.17. The zero-order valence-corrected chi connectivity index (χ0v) is 11.6. The average molecular weight is 266 g/mol. The number of ether oxygens (including phenoxy) is 1. The summed E-state index contributed by atoms with van der Waals surface area (Å²) in [7, 11) is 0. The SMILES string of the molecule is Cc1ccc(C2(OC(=O)CS)CC[NH2+]CC2)cc1. The molecule has 0 amide bonds. The molecule has 1 aliphatic rings. The maximum atomic E-state index is 11.6. The Hall–Kier alpha value is -1.00. The number of thiol groups is 1. The molecule has 0 aliphatic carbocycles. The first kappa shape index (κ1) is 13.4. The molecule has 98 valence electrons. The summed E-state index contributed by atoms with van der Waals surface area (Å²) in [6, 6.07) is 8.30. The molecule has 0 saturated carbocycles. The summed E-state index contributed by atoms with van der Waals surface area (Å²) in [5.41, 5.74) is 1.88. The summed E-state index contributed by atoms with van der Waals surface area (Å²) < 4.78 is 5.72. The second kappa shape index (κ2) is 5.76. The minimum Gasteiger partial charge on any atom is -0.453 e. The van der Waals surface area contributed by atoms with Gasteiger partial charge in [0.25, 0.3) is 0 Å². The number of esters is 1. The standard InChI is InChI=1S/C14H19NO2S/c1-11-2-4-12(5-3-11)14(17-13(16)10-18)6-8-15-9-7-14/h2-5,15,18H,6-10H2,1H3/p+1. The maximum Gasteiger partial charge on any atom is 0.316 e. The van der Waals surface area contributed by atoms with E-state index in [1.165, 1.54) is 5.56 Å². The van der Waals surface area contributed by atoms with E-state index >= 15 is 0 Å². The van der Waals surface area contributed by atoms with E-state index in [4.69, 9.17) is 4.74 Å². The van der Waals surface area contributed by atoms with E-state index in [2.05, 4.69) is 49.1 Å². The van der Waals surface area contributed by atoms with Crippen molar-refractivity contribution in [2.24, 2.45) is 0 Å². The Morgan fingerprint density at radius 2 is 1.94 bits per heavy atom. The quantitative estimate of drug-likeness (QED) is 0.634. The van der Waals surface area contributed by atoms with Crippen LogP contribution in [-0.4, -0.2) is 24.8 Å². The summed E-state index contributed by atoms with van der Waals surface area (Å²) in [5, 5.41) is 2.26. The Morgan fingerprint density at radius 3 is 2.50 bits per heavy atom. The van der Waals surface area contributed by atoms with Crippen LogP contribution in [0, 0.1) is 6.92 Å². The topological polar surface area (TPSA) is 42.9 Å². The van der Waals surface area contributed by atoms with Crippen LogP contribution in [0.1, 0.15) is 24.0 Å². The van der Waals surface area contributed by atoms with Crippen molar-refractivity contribution in [3.05, 3.63) is 35.4 Å². The maximum absolute atomic E-state index is 11.6. The van der Waals surface area contributed by atoms with E-state index in [1.807, 2.05) is 0 Å². The van der Waals surface area contributed by atoms with Gasteiger partial charge in [-0.3, -0.25) is 4.79 Å². The summed E-state index contributed by atoms with van der Waals surface area (Å²) in [6.07, 6.45) is 1.74. The monoisotopic (exact) mass is 266 g/mol. The van der Waals surface area contributed by atoms with Gasteiger partial charge in [0.1, 0.15) is 5.60 Å². The summed E-state index contributed by atoms with van der Waals surface area (Å²) in [4.78, 5) is 11.6. The van der Waals surface area contributed by atoms with Gasteiger partial charge in [-0.1, -0.05) is 29.8 Å². The average Bonchev–Trinajstić information content (AvgIpc) is 2.40. The van der Waals surface area contributed by atoms with E-state index in [0.29, 0.717) is 0 Å². The van der Waals surface area contributed by atoms with Crippen LogP contribution in [0.5, 0.6) is 0 Å². The minimum absolute atomic E-state index is 0.136. The first-order valence-corrected chi connectivity index (χ1v) is 7.01. The predicted molar refractivity (Wildman–Crippen MR) is 73.7 cm³/mol. The number of benzene rings is 1. The van der Waals surface area contributed by atoms with Gasteiger partial charge in [0.2, 0.25) is 0 Å². The molecule has 0 spiro atoms. The highest BCUT2D eigenvalue weighted by Crippen LogP contribution is 2.34. The van der Waals surface area contributed by atoms with Crippen molar-refractivity contribution in [2.75, 3.05) is 18.8 Å². The third kappa shape index (κ3) is 2.87. The van der Waals surface area contributed by atoms with E-state index in [1.54, 1.807) is 0 Å². The number of aryl methyl sites for hydroxylation is 1. The van der Waals surface area contributed by atoms with Gasteiger partial charge in [-0.2, -0.15) is 12.6 Å². The van der Waals surface area contributed by atoms with E-state index in [9.17, 15) is 4.79 Å². The molecule has 4 heteroatoms. The highest BCUT2D eigenvalue weighted by molar-refractivity contribution is 7.81. The van der Waals surface area contributed by atoms with E-state index in [0.717, 1.165) is 31.5 Å². The third-order valence-corrected chi connectivity index (χ3v) is 3.78. The van der Waals surface area contributed by atoms with Crippen molar-refractivity contribution < 1.29 is 14.8 Å². The Balaban J connectivity index is 2.28. The van der Waals surface area contributed by atoms with Crippen molar-refractivity contribution in [1.82, 2.24) is 0 Å². The molecule has 1 aromatic rings. The molecule has 2 rings (SSSR count). The fourth-order valence-electron chi connectivity index (χ4n) is 2.50. The van der Waals surface area contributed by atoms with Gasteiger partial charge in [-0.15, -0.1) is 0 Å². The van der Waals surface area contributed by atoms with Crippen LogP contribution in [0.3, 0.4) is 0 Å². The summed E-state index contributed by atoms with van der Waals surface area (Å²) >= 11 is 4.00. The number of hydrogen-bond acceptors (Lipinski definition) is 3. The molecule has 0 unspecified atom stereocenters. The van der Waals surface area contributed by atoms with Gasteiger partial charge in [0.15, 0.2) is 0 Å². The molecule has 1 fully saturated rings. The van der Waals surface area contributed by atoms with Crippen molar-refractivity contribution >= 4 is 18.6 Å². The van der Waals surface area contributed by atoms with Crippen LogP contribution in [0.2, 0.25) is 0 Å². The van der Waals surface area contributed by atoms with E-state index < -0.39 is 5.60 Å². The first-order chi connectivity index (χ1) is 8.66. The van der Waals surface area contributed by atoms with Gasteiger partial charge in [-0.05, 0) is 12.5 Å². The largest absolute Gasteiger partial charge is 0.453 e. The molecule has 3 nitrogen and oxygen atoms in total. The van der Waals surface area contributed by atoms with Gasteiger partial charge in [-0.25, -0.2) is 0 Å². The van der Waals surface area contributed by atoms with Gasteiger partial charge < -0.3 is 10.1 Å². The van der Waals surface area contributed by atoms with Gasteiger partial charge >= 0.3 is 5.97 Å². The number of carbonyl (C=O) groups is 1. The molecule has 2 N–H and O–H groups in total. The lowest BCUT2D eigenvalue weighted by molar-refractivity contribution is -0.668. The van der Waals surface area contributed by atoms with Crippen molar-refractivity contribution in [2.45, 2.75) is 25.4 Å². The minimum atomic E-state index is -0.442. The Morgan fingerprint density at radius 1 is 1.33 bits per heavy atom. The fourth-order valence-corrected chi connectivity index (χ4v) is 2.56. The molecule has 1 heterocycles. The van der Waals surface area contributed by atoms with Gasteiger partial charge in [0.05, 0.1) is 18.8 Å². The Kier molecular flexibility index (Phi) is 4.30. The lowest BCUT2D eigenvalue weighted by atomic mass is 9.84. The molecular formula is C14H20NO2S+. The lowest BCUT2D eigenvalue weighted by Crippen LogP contribution is -2.87. The molecule has 1 aliphatic heterocycles. The van der Waals surface area contributed by atoms with Gasteiger partial charge in [0, 0.05) is 12.8 Å². The summed E-state index contributed by atoms with van der Waals surface area (Å²) in [5.74, 6) is -0.0991. The lowest BCUT2D eigenvalue weighted by Gasteiger charge is -2.35. The number of quaternary nitrogens is 1. The normalized spacial score (nSPS) is 18.3. The number of rotatable bonds is 3. The Bertz CT molecular complexity index is 410. The molecule has 1 aromatic carbocycles. The smallest absolute Gasteiger partial charge is 0.316 e. The van der Waals surface area contributed by atoms with Crippen LogP contribution in [-0.2, 0) is 15.1 Å². The fraction of sp³-hybridized carbons (Fsp3) is 0.500. The second-order valence-electron chi connectivity index (χ2n) is 4.86. The number of hydrogen-bond donors (Lipinski definition) is 2. The van der Waals surface area contributed by atoms with Crippen molar-refractivity contribution in [3.63, 3.8) is 0 Å². The van der Waals surface area contributed by atoms with Crippen LogP contribution in [0.25, 0.3) is 0 Å². The number of nitrogens with two attached hydrogens (primary N) is 1. The zero-order valence-electron chi connectivity index (χ0n) is 10.7. The molecular weight excluding hydrogens is 246 g/mol. The van der Waals surface area contributed by atoms with Crippen LogP contribution in [0.15, 0.2) is 24.3 Å². The number of piperidine rings is 1. The van der Waals surface area contributed by atoms with Crippen molar-refractivity contribution in [1.29, 1.82) is 0 Å². The molecule has 1 saturated heterocycles. The molecule has 0 bridgehead atoms. The van der Waals surface area contributed by atoms with Crippen LogP contribution >= 0.6 is 12.6 Å². The molecule has 0 atom stereocenters. The molecule has 18 heavy (non-hydrogen) atoms.